The lowest BCUT2D eigenvalue weighted by Gasteiger charge is -2.17. The molecule has 0 aliphatic rings. The zero-order valence-corrected chi connectivity index (χ0v) is 18.2. The summed E-state index contributed by atoms with van der Waals surface area (Å²) in [6, 6.07) is 9.87. The Bertz CT molecular complexity index is 886. The van der Waals surface area contributed by atoms with Crippen LogP contribution in [0.3, 0.4) is 0 Å². The van der Waals surface area contributed by atoms with Crippen LogP contribution in [-0.4, -0.2) is 38.3 Å². The van der Waals surface area contributed by atoms with E-state index in [2.05, 4.69) is 5.32 Å². The van der Waals surface area contributed by atoms with Crippen LogP contribution in [0.4, 0.5) is 5.69 Å². The lowest BCUT2D eigenvalue weighted by Crippen LogP contribution is -2.30. The summed E-state index contributed by atoms with van der Waals surface area (Å²) in [5.41, 5.74) is 0.635. The molecule has 0 aliphatic heterocycles. The molecule has 0 spiro atoms. The van der Waals surface area contributed by atoms with E-state index >= 15 is 0 Å². The monoisotopic (exact) mass is 435 g/mol. The van der Waals surface area contributed by atoms with Crippen molar-refractivity contribution in [1.82, 2.24) is 0 Å². The average molecular weight is 436 g/mol. The summed E-state index contributed by atoms with van der Waals surface area (Å²) >= 11 is 6.28. The van der Waals surface area contributed by atoms with E-state index in [1.807, 2.05) is 13.8 Å². The number of ether oxygens (including phenoxy) is 4. The Balaban J connectivity index is 2.13. The molecule has 0 radical (unpaired) electrons. The van der Waals surface area contributed by atoms with Gasteiger partial charge in [-0.2, -0.15) is 0 Å². The smallest absolute Gasteiger partial charge is 0.339 e. The Morgan fingerprint density at radius 1 is 1.10 bits per heavy atom. The van der Waals surface area contributed by atoms with Crippen molar-refractivity contribution >= 4 is 29.2 Å². The molecule has 0 fully saturated rings. The molecule has 1 atom stereocenters. The molecule has 1 amide bonds. The van der Waals surface area contributed by atoms with Gasteiger partial charge in [0.2, 0.25) is 0 Å². The van der Waals surface area contributed by atoms with Gasteiger partial charge in [-0.25, -0.2) is 4.79 Å². The summed E-state index contributed by atoms with van der Waals surface area (Å²) in [5.74, 6) is 0.0186. The summed E-state index contributed by atoms with van der Waals surface area (Å²) in [6.07, 6.45) is -0.252. The van der Waals surface area contributed by atoms with E-state index in [0.29, 0.717) is 36.1 Å². The summed E-state index contributed by atoms with van der Waals surface area (Å²) in [6.45, 7) is 6.09. The molecule has 0 aromatic heterocycles. The molecule has 2 rings (SSSR count). The highest BCUT2D eigenvalue weighted by molar-refractivity contribution is 6.32. The number of para-hydroxylation sites is 2. The molecule has 162 valence electrons. The third kappa shape index (κ3) is 6.03. The van der Waals surface area contributed by atoms with Gasteiger partial charge in [0.05, 0.1) is 36.6 Å². The Morgan fingerprint density at radius 2 is 1.83 bits per heavy atom. The Labute approximate surface area is 181 Å². The van der Waals surface area contributed by atoms with Crippen LogP contribution in [0.5, 0.6) is 17.2 Å². The number of halogens is 1. The van der Waals surface area contributed by atoms with Crippen molar-refractivity contribution in [3.05, 3.63) is 47.0 Å². The summed E-state index contributed by atoms with van der Waals surface area (Å²) in [5, 5.41) is 2.91. The van der Waals surface area contributed by atoms with Crippen molar-refractivity contribution in [2.75, 3.05) is 25.6 Å². The first-order chi connectivity index (χ1) is 14.4. The summed E-state index contributed by atoms with van der Waals surface area (Å²) in [4.78, 5) is 25.0. The van der Waals surface area contributed by atoms with E-state index in [1.165, 1.54) is 26.2 Å². The minimum absolute atomic E-state index is 0.157. The quantitative estimate of drug-likeness (QED) is 0.543. The van der Waals surface area contributed by atoms with Crippen LogP contribution in [0.15, 0.2) is 36.4 Å². The van der Waals surface area contributed by atoms with Gasteiger partial charge in [-0.15, -0.1) is 0 Å². The molecule has 0 saturated heterocycles. The fraction of sp³-hybridized carbons (Fsp3) is 0.364. The van der Waals surface area contributed by atoms with Crippen LogP contribution >= 0.6 is 11.6 Å². The molecular formula is C22H26ClNO6. The first kappa shape index (κ1) is 23.3. The highest BCUT2D eigenvalue weighted by Gasteiger charge is 2.22. The first-order valence-electron chi connectivity index (χ1n) is 9.65. The Hall–Kier alpha value is -2.93. The predicted octanol–water partition coefficient (Wildman–Crippen LogP) is 4.72. The standard InChI is InChI=1S/C22H26ClNO6/c1-5-11-29-20-16(23)12-15(13-19(20)28-6-2)22(26)30-14(3)21(25)24-17-9-7-8-10-18(17)27-4/h7-10,12-14H,5-6,11H2,1-4H3,(H,24,25). The van der Waals surface area contributed by atoms with Gasteiger partial charge in [0.1, 0.15) is 5.75 Å². The van der Waals surface area contributed by atoms with Gasteiger partial charge in [-0.05, 0) is 44.5 Å². The molecule has 2 aromatic rings. The van der Waals surface area contributed by atoms with Crippen LogP contribution in [-0.2, 0) is 9.53 Å². The Kier molecular flexibility index (Phi) is 8.80. The number of hydrogen-bond acceptors (Lipinski definition) is 6. The predicted molar refractivity (Wildman–Crippen MR) is 115 cm³/mol. The fourth-order valence-corrected chi connectivity index (χ4v) is 2.82. The number of benzene rings is 2. The number of hydrogen-bond donors (Lipinski definition) is 1. The normalized spacial score (nSPS) is 11.4. The molecule has 0 heterocycles. The van der Waals surface area contributed by atoms with Crippen molar-refractivity contribution < 1.29 is 28.5 Å². The van der Waals surface area contributed by atoms with Crippen molar-refractivity contribution in [3.8, 4) is 17.2 Å². The van der Waals surface area contributed by atoms with E-state index in [9.17, 15) is 9.59 Å². The second kappa shape index (κ2) is 11.3. The number of amides is 1. The molecule has 0 aliphatic carbocycles. The maximum absolute atomic E-state index is 12.6. The van der Waals surface area contributed by atoms with Crippen LogP contribution in [0.1, 0.15) is 37.6 Å². The third-order valence-corrected chi connectivity index (χ3v) is 4.29. The number of carbonyl (C=O) groups is 2. The summed E-state index contributed by atoms with van der Waals surface area (Å²) in [7, 11) is 1.50. The Morgan fingerprint density at radius 3 is 2.50 bits per heavy atom. The highest BCUT2D eigenvalue weighted by atomic mass is 35.5. The van der Waals surface area contributed by atoms with Gasteiger partial charge in [-0.1, -0.05) is 30.7 Å². The topological polar surface area (TPSA) is 83.1 Å². The second-order valence-corrected chi connectivity index (χ2v) is 6.71. The van der Waals surface area contributed by atoms with Gasteiger partial charge >= 0.3 is 5.97 Å². The second-order valence-electron chi connectivity index (χ2n) is 6.30. The number of esters is 1. The average Bonchev–Trinajstić information content (AvgIpc) is 2.73. The molecule has 0 bridgehead atoms. The van der Waals surface area contributed by atoms with E-state index < -0.39 is 18.0 Å². The van der Waals surface area contributed by atoms with Crippen LogP contribution in [0, 0.1) is 0 Å². The lowest BCUT2D eigenvalue weighted by molar-refractivity contribution is -0.123. The van der Waals surface area contributed by atoms with Gasteiger partial charge in [0.25, 0.3) is 5.91 Å². The lowest BCUT2D eigenvalue weighted by atomic mass is 10.2. The van der Waals surface area contributed by atoms with Crippen LogP contribution in [0.2, 0.25) is 5.02 Å². The third-order valence-electron chi connectivity index (χ3n) is 4.01. The van der Waals surface area contributed by atoms with Crippen molar-refractivity contribution in [2.24, 2.45) is 0 Å². The molecule has 0 saturated carbocycles. The van der Waals surface area contributed by atoms with E-state index in [4.69, 9.17) is 30.5 Å². The SMILES string of the molecule is CCCOc1c(Cl)cc(C(=O)OC(C)C(=O)Nc2ccccc2OC)cc1OCC. The van der Waals surface area contributed by atoms with E-state index in [-0.39, 0.29) is 10.6 Å². The molecule has 30 heavy (non-hydrogen) atoms. The zero-order valence-electron chi connectivity index (χ0n) is 17.5. The maximum atomic E-state index is 12.6. The van der Waals surface area contributed by atoms with Gasteiger partial charge in [-0.3, -0.25) is 4.79 Å². The van der Waals surface area contributed by atoms with Crippen molar-refractivity contribution in [3.63, 3.8) is 0 Å². The number of carbonyl (C=O) groups excluding carboxylic acids is 2. The zero-order chi connectivity index (χ0) is 22.1. The fourth-order valence-electron chi connectivity index (χ4n) is 2.56. The van der Waals surface area contributed by atoms with Crippen LogP contribution < -0.4 is 19.5 Å². The maximum Gasteiger partial charge on any atom is 0.339 e. The minimum atomic E-state index is -1.05. The number of anilines is 1. The van der Waals surface area contributed by atoms with Crippen molar-refractivity contribution in [2.45, 2.75) is 33.3 Å². The minimum Gasteiger partial charge on any atom is -0.495 e. The molecule has 1 unspecified atom stereocenters. The molecule has 8 heteroatoms. The molecule has 7 nitrogen and oxygen atoms in total. The number of nitrogens with one attached hydrogen (secondary N) is 1. The summed E-state index contributed by atoms with van der Waals surface area (Å²) < 4.78 is 21.7. The van der Waals surface area contributed by atoms with Gasteiger partial charge in [0.15, 0.2) is 17.6 Å². The largest absolute Gasteiger partial charge is 0.495 e. The van der Waals surface area contributed by atoms with Crippen LogP contribution in [0.25, 0.3) is 0 Å². The number of rotatable bonds is 10. The molecule has 2 aromatic carbocycles. The highest BCUT2D eigenvalue weighted by Crippen LogP contribution is 2.37. The number of methoxy groups -OCH3 is 1. The molecular weight excluding hydrogens is 410 g/mol. The van der Waals surface area contributed by atoms with Gasteiger partial charge in [0, 0.05) is 0 Å². The van der Waals surface area contributed by atoms with Crippen molar-refractivity contribution in [1.29, 1.82) is 0 Å². The van der Waals surface area contributed by atoms with E-state index in [1.54, 1.807) is 24.3 Å². The van der Waals surface area contributed by atoms with E-state index in [0.717, 1.165) is 6.42 Å². The van der Waals surface area contributed by atoms with Gasteiger partial charge < -0.3 is 24.3 Å². The molecule has 1 N–H and O–H groups in total. The first-order valence-corrected chi connectivity index (χ1v) is 10.0.